The minimum absolute atomic E-state index is 0.0385. The summed E-state index contributed by atoms with van der Waals surface area (Å²) in [6, 6.07) is 1.81. The van der Waals surface area contributed by atoms with E-state index in [4.69, 9.17) is 18.9 Å². The van der Waals surface area contributed by atoms with Crippen molar-refractivity contribution >= 4 is 47.6 Å². The summed E-state index contributed by atoms with van der Waals surface area (Å²) in [7, 11) is 4.72. The number of hydrogen-bond acceptors (Lipinski definition) is 15. The van der Waals surface area contributed by atoms with Crippen LogP contribution < -0.4 is 14.8 Å². The zero-order chi connectivity index (χ0) is 62.3. The molecule has 0 aliphatic carbocycles. The number of rotatable bonds is 30. The van der Waals surface area contributed by atoms with Crippen LogP contribution in [0.15, 0.2) is 48.5 Å². The number of carboxylic acid groups (broad SMARTS) is 1. The van der Waals surface area contributed by atoms with Crippen molar-refractivity contribution < 1.29 is 107 Å². The number of alkyl halides is 8. The van der Waals surface area contributed by atoms with Crippen molar-refractivity contribution in [1.82, 2.24) is 20.0 Å². The zero-order valence-electron chi connectivity index (χ0n) is 47.7. The van der Waals surface area contributed by atoms with Crippen LogP contribution in [0.25, 0.3) is 0 Å². The summed E-state index contributed by atoms with van der Waals surface area (Å²) < 4.78 is 138. The van der Waals surface area contributed by atoms with E-state index in [9.17, 15) is 69.8 Å². The lowest BCUT2D eigenvalue weighted by atomic mass is 9.98. The predicted octanol–water partition coefficient (Wildman–Crippen LogP) is 7.48. The lowest BCUT2D eigenvalue weighted by molar-refractivity contribution is -0.275. The quantitative estimate of drug-likeness (QED) is 0.0438. The Morgan fingerprint density at radius 3 is 1.16 bits per heavy atom. The Kier molecular flexibility index (Phi) is 25.8. The van der Waals surface area contributed by atoms with Gasteiger partial charge in [-0.25, -0.2) is 28.0 Å². The van der Waals surface area contributed by atoms with Crippen molar-refractivity contribution in [3.63, 3.8) is 0 Å². The number of hydrogen-bond donors (Lipinski definition) is 2. The summed E-state index contributed by atoms with van der Waals surface area (Å²) in [4.78, 5) is 112. The molecular formula is C54H74F8N4O15. The number of benzene rings is 2. The Bertz CT molecular complexity index is 2450. The zero-order valence-corrected chi connectivity index (χ0v) is 47.7. The molecule has 27 heteroatoms. The molecule has 0 aliphatic rings. The second-order valence-corrected chi connectivity index (χ2v) is 21.5. The third-order valence-electron chi connectivity index (χ3n) is 12.2. The van der Waals surface area contributed by atoms with Gasteiger partial charge in [-0.1, -0.05) is 52.0 Å². The van der Waals surface area contributed by atoms with Crippen LogP contribution in [0.2, 0.25) is 0 Å². The number of nitrogens with one attached hydrogen (secondary N) is 1. The normalized spacial score (nSPS) is 15.2. The summed E-state index contributed by atoms with van der Waals surface area (Å²) in [6.45, 7) is 13.5. The van der Waals surface area contributed by atoms with E-state index in [0.717, 1.165) is 114 Å². The van der Waals surface area contributed by atoms with Crippen LogP contribution in [0.5, 0.6) is 11.5 Å². The van der Waals surface area contributed by atoms with Gasteiger partial charge < -0.3 is 53.5 Å². The third kappa shape index (κ3) is 24.4. The number of amides is 3. The molecule has 0 fully saturated rings. The molecule has 0 saturated heterocycles. The number of halogens is 8. The van der Waals surface area contributed by atoms with Crippen molar-refractivity contribution in [2.45, 2.75) is 180 Å². The Balaban J connectivity index is 2.55. The number of carboxylic acids is 1. The molecule has 0 aliphatic heterocycles. The number of ether oxygens (including phenoxy) is 6. The van der Waals surface area contributed by atoms with Gasteiger partial charge in [0.05, 0.1) is 0 Å². The van der Waals surface area contributed by atoms with Crippen molar-refractivity contribution in [3.05, 3.63) is 59.7 Å². The fourth-order valence-electron chi connectivity index (χ4n) is 8.09. The highest BCUT2D eigenvalue weighted by atomic mass is 19.4. The molecule has 456 valence electrons. The van der Waals surface area contributed by atoms with Crippen LogP contribution in [0, 0.1) is 11.8 Å². The van der Waals surface area contributed by atoms with Crippen LogP contribution >= 0.6 is 0 Å². The summed E-state index contributed by atoms with van der Waals surface area (Å²) in [5.74, 6) is -11.5. The third-order valence-corrected chi connectivity index (χ3v) is 12.2. The number of carbonyl (C=O) groups excluding carboxylic acids is 7. The lowest BCUT2D eigenvalue weighted by Gasteiger charge is -2.35. The van der Waals surface area contributed by atoms with E-state index in [2.05, 4.69) is 14.8 Å². The maximum absolute atomic E-state index is 15.5. The number of aliphatic carboxylic acids is 1. The fraction of sp³-hybridized carbons (Fsp3) is 0.630. The van der Waals surface area contributed by atoms with Gasteiger partial charge in [-0.2, -0.15) is 0 Å². The molecular weight excluding hydrogens is 1100 g/mol. The second kappa shape index (κ2) is 29.8. The highest BCUT2D eigenvalue weighted by molar-refractivity contribution is 5.93. The van der Waals surface area contributed by atoms with Gasteiger partial charge in [-0.05, 0) is 109 Å². The molecule has 2 aromatic rings. The summed E-state index contributed by atoms with van der Waals surface area (Å²) in [5, 5.41) is 12.7. The summed E-state index contributed by atoms with van der Waals surface area (Å²) >= 11 is 0. The van der Waals surface area contributed by atoms with Gasteiger partial charge in [0, 0.05) is 46.8 Å². The molecule has 19 nitrogen and oxygen atoms in total. The van der Waals surface area contributed by atoms with Crippen molar-refractivity contribution in [3.8, 4) is 11.5 Å². The van der Waals surface area contributed by atoms with Crippen molar-refractivity contribution in [2.75, 3.05) is 28.2 Å². The Hall–Kier alpha value is -6.80. The van der Waals surface area contributed by atoms with Gasteiger partial charge in [-0.3, -0.25) is 19.2 Å². The highest BCUT2D eigenvalue weighted by Crippen LogP contribution is 2.28. The van der Waals surface area contributed by atoms with Gasteiger partial charge >= 0.3 is 42.6 Å². The van der Waals surface area contributed by atoms with Gasteiger partial charge in [-0.15, -0.1) is 26.3 Å². The molecule has 3 amide bonds. The Morgan fingerprint density at radius 1 is 0.494 bits per heavy atom. The average molecular weight is 1170 g/mol. The molecule has 81 heavy (non-hydrogen) atoms. The minimum atomic E-state index is -5.08. The Morgan fingerprint density at radius 2 is 0.827 bits per heavy atom. The van der Waals surface area contributed by atoms with Crippen LogP contribution in [0.1, 0.15) is 106 Å². The SMILES string of the molecule is CN[C@@H](CC(C)C)C(=O)O[C@@H](C)C(=O)N(C)[C@@H](CC(C)(C)F)C(=O)O[C@@H](Cc1ccc(OC(F)(F)F)cc1)C(=O)N(C)[C@@H](CC(C)C)C(=O)O[C@@H](C)C(=O)N(C)[C@@H](CC(C)(C)F)C(=O)O[C@@H](Cc1ccc(OC(F)(F)F)cc1)C(=O)O. The first-order valence-electron chi connectivity index (χ1n) is 25.6. The molecule has 2 N–H and O–H groups in total. The van der Waals surface area contributed by atoms with Crippen LogP contribution in [0.4, 0.5) is 35.1 Å². The molecule has 8 atom stereocenters. The van der Waals surface area contributed by atoms with E-state index < -0.39 is 163 Å². The summed E-state index contributed by atoms with van der Waals surface area (Å²) in [6.07, 6.45) is -20.1. The average Bonchev–Trinajstić information content (AvgIpc) is 3.33. The maximum atomic E-state index is 15.5. The molecule has 0 radical (unpaired) electrons. The lowest BCUT2D eigenvalue weighted by Crippen LogP contribution is -2.54. The molecule has 0 saturated carbocycles. The fourth-order valence-corrected chi connectivity index (χ4v) is 8.09. The molecule has 0 aromatic heterocycles. The monoisotopic (exact) mass is 1170 g/mol. The van der Waals surface area contributed by atoms with E-state index in [1.807, 2.05) is 13.8 Å². The molecule has 0 heterocycles. The minimum Gasteiger partial charge on any atom is -0.478 e. The number of likely N-dealkylation sites (N-methyl/N-ethyl adjacent to an activating group) is 4. The molecule has 0 unspecified atom stereocenters. The number of carbonyl (C=O) groups is 8. The smallest absolute Gasteiger partial charge is 0.478 e. The van der Waals surface area contributed by atoms with E-state index in [-0.39, 0.29) is 23.5 Å². The van der Waals surface area contributed by atoms with Crippen LogP contribution in [-0.2, 0) is 70.1 Å². The van der Waals surface area contributed by atoms with Gasteiger partial charge in [0.25, 0.3) is 17.7 Å². The molecule has 2 rings (SSSR count). The predicted molar refractivity (Wildman–Crippen MR) is 273 cm³/mol. The first-order chi connectivity index (χ1) is 37.0. The first kappa shape index (κ1) is 70.3. The van der Waals surface area contributed by atoms with E-state index in [1.54, 1.807) is 13.8 Å². The number of esters is 4. The van der Waals surface area contributed by atoms with Crippen LogP contribution in [-0.4, -0.2) is 168 Å². The first-order valence-corrected chi connectivity index (χ1v) is 25.6. The van der Waals surface area contributed by atoms with Crippen molar-refractivity contribution in [2.24, 2.45) is 11.8 Å². The standard InChI is InChI=1S/C54H74F8N4O15/c1-29(2)23-37(63-11)47(72)76-31(5)43(67)65(13)39(27-51(7,8)55)49(74)78-41(25-33-15-19-35(20-16-33)80-53(57,58)59)45(69)64(12)38(24-30(3)4)48(73)77-32(6)44(68)66(14)40(28-52(9,10)56)50(75)79-42(46(70)71)26-34-17-21-36(22-18-34)81-54(60,61)62/h15-22,29-32,37-42,63H,23-28H2,1-14H3,(H,70,71)/t31-,32-,37-,38-,39-,40-,41-,42-/m0/s1. The number of nitrogens with zero attached hydrogens (tertiary/aromatic N) is 3. The maximum Gasteiger partial charge on any atom is 0.573 e. The van der Waals surface area contributed by atoms with Gasteiger partial charge in [0.2, 0.25) is 6.10 Å². The van der Waals surface area contributed by atoms with Gasteiger partial charge in [0.15, 0.2) is 18.3 Å². The topological polar surface area (TPSA) is 234 Å². The van der Waals surface area contributed by atoms with E-state index >= 15 is 8.78 Å². The van der Waals surface area contributed by atoms with Crippen molar-refractivity contribution in [1.29, 1.82) is 0 Å². The molecule has 2 aromatic carbocycles. The second-order valence-electron chi connectivity index (χ2n) is 21.5. The van der Waals surface area contributed by atoms with Crippen LogP contribution in [0.3, 0.4) is 0 Å². The largest absolute Gasteiger partial charge is 0.573 e. The van der Waals surface area contributed by atoms with E-state index in [0.29, 0.717) is 11.3 Å². The molecule has 0 bridgehead atoms. The van der Waals surface area contributed by atoms with Gasteiger partial charge in [0.1, 0.15) is 47.0 Å². The highest BCUT2D eigenvalue weighted by Gasteiger charge is 2.43. The Labute approximate surface area is 465 Å². The van der Waals surface area contributed by atoms with E-state index in [1.165, 1.54) is 14.0 Å². The summed E-state index contributed by atoms with van der Waals surface area (Å²) in [5.41, 5.74) is -4.30. The molecule has 0 spiro atoms.